The standard InChI is InChI=1S/C10H20N2O2/c1-10(2,3)14-12(8-13)7-9-4-5-11-6-9/h8-9,11H,4-7H2,1-3H3/t9-/m0/s1. The van der Waals surface area contributed by atoms with Gasteiger partial charge in [-0.25, -0.2) is 5.06 Å². The van der Waals surface area contributed by atoms with E-state index in [1.54, 1.807) is 0 Å². The summed E-state index contributed by atoms with van der Waals surface area (Å²) in [6, 6.07) is 0. The summed E-state index contributed by atoms with van der Waals surface area (Å²) < 4.78 is 0. The number of hydroxylamine groups is 2. The first-order chi connectivity index (χ1) is 6.51. The van der Waals surface area contributed by atoms with Crippen LogP contribution in [0.1, 0.15) is 27.2 Å². The Morgan fingerprint density at radius 2 is 2.29 bits per heavy atom. The average Bonchev–Trinajstić information content (AvgIpc) is 2.53. The summed E-state index contributed by atoms with van der Waals surface area (Å²) in [5.41, 5.74) is -0.299. The summed E-state index contributed by atoms with van der Waals surface area (Å²) >= 11 is 0. The van der Waals surface area contributed by atoms with Crippen molar-refractivity contribution in [3.63, 3.8) is 0 Å². The van der Waals surface area contributed by atoms with Gasteiger partial charge in [-0.3, -0.25) is 9.63 Å². The van der Waals surface area contributed by atoms with Gasteiger partial charge in [-0.2, -0.15) is 0 Å². The van der Waals surface area contributed by atoms with Crippen molar-refractivity contribution < 1.29 is 9.63 Å². The number of nitrogens with zero attached hydrogens (tertiary/aromatic N) is 1. The highest BCUT2D eigenvalue weighted by Crippen LogP contribution is 2.13. The van der Waals surface area contributed by atoms with E-state index in [1.165, 1.54) is 5.06 Å². The highest BCUT2D eigenvalue weighted by atomic mass is 16.7. The van der Waals surface area contributed by atoms with Crippen molar-refractivity contribution in [3.8, 4) is 0 Å². The zero-order chi connectivity index (χ0) is 10.6. The smallest absolute Gasteiger partial charge is 0.233 e. The Balaban J connectivity index is 2.34. The largest absolute Gasteiger partial charge is 0.316 e. The third kappa shape index (κ3) is 4.07. The predicted octanol–water partition coefficient (Wildman–Crippen LogP) is 0.784. The molecule has 4 nitrogen and oxygen atoms in total. The molecular weight excluding hydrogens is 180 g/mol. The van der Waals surface area contributed by atoms with E-state index in [0.29, 0.717) is 12.5 Å². The Hall–Kier alpha value is -0.610. The molecule has 1 fully saturated rings. The molecule has 0 saturated carbocycles. The van der Waals surface area contributed by atoms with E-state index >= 15 is 0 Å². The zero-order valence-electron chi connectivity index (χ0n) is 9.25. The topological polar surface area (TPSA) is 41.6 Å². The SMILES string of the molecule is CC(C)(C)ON(C=O)C[C@H]1CCNC1. The minimum absolute atomic E-state index is 0.299. The van der Waals surface area contributed by atoms with Crippen molar-refractivity contribution in [2.45, 2.75) is 32.8 Å². The lowest BCUT2D eigenvalue weighted by atomic mass is 10.1. The van der Waals surface area contributed by atoms with E-state index in [1.807, 2.05) is 20.8 Å². The van der Waals surface area contributed by atoms with Gasteiger partial charge in [-0.15, -0.1) is 0 Å². The van der Waals surface area contributed by atoms with Crippen molar-refractivity contribution in [1.82, 2.24) is 10.4 Å². The maximum Gasteiger partial charge on any atom is 0.233 e. The maximum atomic E-state index is 10.8. The molecule has 0 aromatic carbocycles. The first-order valence-electron chi connectivity index (χ1n) is 5.13. The number of nitrogens with one attached hydrogen (secondary N) is 1. The Kier molecular flexibility index (Phi) is 3.89. The number of carbonyl (C=O) groups excluding carboxylic acids is 1. The van der Waals surface area contributed by atoms with E-state index < -0.39 is 0 Å². The molecule has 0 aromatic rings. The fraction of sp³-hybridized carbons (Fsp3) is 0.900. The molecule has 14 heavy (non-hydrogen) atoms. The molecule has 0 bridgehead atoms. The lowest BCUT2D eigenvalue weighted by Crippen LogP contribution is -2.36. The molecule has 0 aromatic heterocycles. The van der Waals surface area contributed by atoms with E-state index in [9.17, 15) is 4.79 Å². The first-order valence-corrected chi connectivity index (χ1v) is 5.13. The Labute approximate surface area is 85.6 Å². The molecule has 1 heterocycles. The lowest BCUT2D eigenvalue weighted by molar-refractivity contribution is -0.219. The summed E-state index contributed by atoms with van der Waals surface area (Å²) in [7, 11) is 0. The Morgan fingerprint density at radius 1 is 1.57 bits per heavy atom. The van der Waals surface area contributed by atoms with Crippen LogP contribution in [0.25, 0.3) is 0 Å². The van der Waals surface area contributed by atoms with Gasteiger partial charge >= 0.3 is 0 Å². The number of amides is 1. The quantitative estimate of drug-likeness (QED) is 0.539. The van der Waals surface area contributed by atoms with Crippen molar-refractivity contribution in [2.24, 2.45) is 5.92 Å². The summed E-state index contributed by atoms with van der Waals surface area (Å²) in [5.74, 6) is 0.530. The van der Waals surface area contributed by atoms with Crippen molar-refractivity contribution >= 4 is 6.41 Å². The van der Waals surface area contributed by atoms with E-state index in [4.69, 9.17) is 4.84 Å². The summed E-state index contributed by atoms with van der Waals surface area (Å²) in [5, 5.41) is 4.68. The first kappa shape index (κ1) is 11.5. The van der Waals surface area contributed by atoms with Gasteiger partial charge in [0.15, 0.2) is 0 Å². The molecule has 1 amide bonds. The van der Waals surface area contributed by atoms with Gasteiger partial charge in [-0.05, 0) is 46.2 Å². The van der Waals surface area contributed by atoms with E-state index in [-0.39, 0.29) is 5.60 Å². The van der Waals surface area contributed by atoms with Gasteiger partial charge in [-0.1, -0.05) is 0 Å². The van der Waals surface area contributed by atoms with Gasteiger partial charge in [0.25, 0.3) is 0 Å². The molecule has 4 heteroatoms. The second kappa shape index (κ2) is 4.75. The molecule has 0 spiro atoms. The summed E-state index contributed by atoms with van der Waals surface area (Å²) in [6.45, 7) is 8.54. The number of carbonyl (C=O) groups is 1. The van der Waals surface area contributed by atoms with Gasteiger partial charge in [0, 0.05) is 0 Å². The third-order valence-electron chi connectivity index (χ3n) is 2.11. The molecule has 1 atom stereocenters. The molecule has 0 unspecified atom stereocenters. The minimum atomic E-state index is -0.299. The normalized spacial score (nSPS) is 22.4. The van der Waals surface area contributed by atoms with Crippen molar-refractivity contribution in [1.29, 1.82) is 0 Å². The highest BCUT2D eigenvalue weighted by Gasteiger charge is 2.21. The molecular formula is C10H20N2O2. The highest BCUT2D eigenvalue weighted by molar-refractivity contribution is 5.45. The molecule has 1 N–H and O–H groups in total. The van der Waals surface area contributed by atoms with Crippen LogP contribution in [0.2, 0.25) is 0 Å². The third-order valence-corrected chi connectivity index (χ3v) is 2.11. The van der Waals surface area contributed by atoms with Crippen molar-refractivity contribution in [3.05, 3.63) is 0 Å². The summed E-state index contributed by atoms with van der Waals surface area (Å²) in [4.78, 5) is 16.2. The lowest BCUT2D eigenvalue weighted by Gasteiger charge is -2.28. The second-order valence-electron chi connectivity index (χ2n) is 4.77. The van der Waals surface area contributed by atoms with Crippen LogP contribution in [0, 0.1) is 5.92 Å². The minimum Gasteiger partial charge on any atom is -0.316 e. The van der Waals surface area contributed by atoms with Crippen LogP contribution in [0.15, 0.2) is 0 Å². The van der Waals surface area contributed by atoms with Gasteiger partial charge in [0.05, 0.1) is 12.1 Å². The van der Waals surface area contributed by atoms with Crippen LogP contribution in [-0.4, -0.2) is 36.7 Å². The monoisotopic (exact) mass is 200 g/mol. The average molecular weight is 200 g/mol. The molecule has 1 saturated heterocycles. The molecule has 82 valence electrons. The predicted molar refractivity (Wildman–Crippen MR) is 54.6 cm³/mol. The summed E-state index contributed by atoms with van der Waals surface area (Å²) in [6.07, 6.45) is 1.89. The molecule has 1 rings (SSSR count). The van der Waals surface area contributed by atoms with Gasteiger partial charge in [0.2, 0.25) is 6.41 Å². The molecule has 1 aliphatic rings. The number of hydrogen-bond donors (Lipinski definition) is 1. The van der Waals surface area contributed by atoms with Crippen LogP contribution in [0.3, 0.4) is 0 Å². The van der Waals surface area contributed by atoms with Gasteiger partial charge in [0.1, 0.15) is 0 Å². The van der Waals surface area contributed by atoms with Crippen LogP contribution >= 0.6 is 0 Å². The van der Waals surface area contributed by atoms with E-state index in [0.717, 1.165) is 25.9 Å². The second-order valence-corrected chi connectivity index (χ2v) is 4.77. The van der Waals surface area contributed by atoms with Crippen molar-refractivity contribution in [2.75, 3.05) is 19.6 Å². The maximum absolute atomic E-state index is 10.8. The van der Waals surface area contributed by atoms with Crippen LogP contribution in [-0.2, 0) is 9.63 Å². The molecule has 0 aliphatic carbocycles. The molecule has 1 aliphatic heterocycles. The van der Waals surface area contributed by atoms with Crippen LogP contribution in [0.4, 0.5) is 0 Å². The fourth-order valence-electron chi connectivity index (χ4n) is 1.58. The Morgan fingerprint density at radius 3 is 2.71 bits per heavy atom. The zero-order valence-corrected chi connectivity index (χ0v) is 9.25. The Bertz CT molecular complexity index is 183. The number of hydrogen-bond acceptors (Lipinski definition) is 3. The fourth-order valence-corrected chi connectivity index (χ4v) is 1.58. The molecule has 0 radical (unpaired) electrons. The number of rotatable bonds is 4. The van der Waals surface area contributed by atoms with Crippen LogP contribution < -0.4 is 5.32 Å². The van der Waals surface area contributed by atoms with Crippen LogP contribution in [0.5, 0.6) is 0 Å². The van der Waals surface area contributed by atoms with Gasteiger partial charge < -0.3 is 5.32 Å². The van der Waals surface area contributed by atoms with E-state index in [2.05, 4.69) is 5.32 Å².